The predicted octanol–water partition coefficient (Wildman–Crippen LogP) is 5.03. The second-order valence-corrected chi connectivity index (χ2v) is 5.68. The summed E-state index contributed by atoms with van der Waals surface area (Å²) in [5.74, 6) is -0.755. The van der Waals surface area contributed by atoms with Gasteiger partial charge in [-0.3, -0.25) is 4.79 Å². The monoisotopic (exact) mass is 333 g/mol. The van der Waals surface area contributed by atoms with Crippen LogP contribution in [0.1, 0.15) is 18.4 Å². The molecule has 0 aromatic heterocycles. The van der Waals surface area contributed by atoms with Crippen LogP contribution in [0.2, 0.25) is 0 Å². The number of rotatable bonds is 5. The van der Waals surface area contributed by atoms with Crippen LogP contribution in [-0.2, 0) is 11.2 Å². The first-order valence-electron chi connectivity index (χ1n) is 8.32. The van der Waals surface area contributed by atoms with Crippen molar-refractivity contribution in [2.75, 3.05) is 5.73 Å². The molecule has 0 radical (unpaired) electrons. The molecule has 0 atom stereocenters. The first-order chi connectivity index (χ1) is 12.2. The Labute approximate surface area is 148 Å². The molecule has 0 unspecified atom stereocenters. The van der Waals surface area contributed by atoms with E-state index in [1.807, 2.05) is 36.4 Å². The zero-order valence-corrected chi connectivity index (χ0v) is 14.1. The van der Waals surface area contributed by atoms with Crippen LogP contribution in [0.3, 0.4) is 0 Å². The van der Waals surface area contributed by atoms with Crippen molar-refractivity contribution in [1.82, 2.24) is 0 Å². The summed E-state index contributed by atoms with van der Waals surface area (Å²) < 4.78 is 0. The number of nitrogens with two attached hydrogens (primary N) is 1. The Morgan fingerprint density at radius 2 is 1.24 bits per heavy atom. The summed E-state index contributed by atoms with van der Waals surface area (Å²) in [5.41, 5.74) is 10.0. The molecule has 3 aromatic carbocycles. The van der Waals surface area contributed by atoms with E-state index in [1.54, 1.807) is 0 Å². The number of aliphatic carboxylic acids is 1. The van der Waals surface area contributed by atoms with Gasteiger partial charge < -0.3 is 10.8 Å². The molecule has 3 rings (SSSR count). The van der Waals surface area contributed by atoms with Crippen molar-refractivity contribution < 1.29 is 9.90 Å². The Kier molecular flexibility index (Phi) is 7.26. The number of carboxylic acids is 1. The highest BCUT2D eigenvalue weighted by molar-refractivity contribution is 5.66. The first kappa shape index (κ1) is 18.3. The fourth-order valence-corrected chi connectivity index (χ4v) is 2.45. The van der Waals surface area contributed by atoms with Gasteiger partial charge in [0.1, 0.15) is 0 Å². The zero-order valence-electron chi connectivity index (χ0n) is 14.1. The molecule has 3 heteroatoms. The second kappa shape index (κ2) is 9.93. The zero-order chi connectivity index (χ0) is 17.9. The van der Waals surface area contributed by atoms with Crippen molar-refractivity contribution in [3.63, 3.8) is 0 Å². The van der Waals surface area contributed by atoms with Gasteiger partial charge in [0.2, 0.25) is 0 Å². The van der Waals surface area contributed by atoms with Crippen LogP contribution < -0.4 is 5.73 Å². The summed E-state index contributed by atoms with van der Waals surface area (Å²) in [6, 6.07) is 28.3. The summed E-state index contributed by atoms with van der Waals surface area (Å²) in [5, 5.41) is 8.43. The van der Waals surface area contributed by atoms with Gasteiger partial charge >= 0.3 is 5.97 Å². The van der Waals surface area contributed by atoms with E-state index in [2.05, 4.69) is 48.5 Å². The molecule has 3 nitrogen and oxygen atoms in total. The number of aryl methyl sites for hydroxylation is 1. The number of hydrogen-bond donors (Lipinski definition) is 2. The third-order valence-electron chi connectivity index (χ3n) is 3.77. The van der Waals surface area contributed by atoms with E-state index >= 15 is 0 Å². The minimum absolute atomic E-state index is 0.203. The van der Waals surface area contributed by atoms with Gasteiger partial charge in [0.15, 0.2) is 0 Å². The minimum atomic E-state index is -0.755. The van der Waals surface area contributed by atoms with Gasteiger partial charge in [-0.15, -0.1) is 0 Å². The van der Waals surface area contributed by atoms with Crippen LogP contribution in [0.5, 0.6) is 0 Å². The largest absolute Gasteiger partial charge is 0.481 e. The molecule has 0 saturated heterocycles. The maximum atomic E-state index is 10.2. The van der Waals surface area contributed by atoms with Crippen molar-refractivity contribution in [2.24, 2.45) is 0 Å². The summed E-state index contributed by atoms with van der Waals surface area (Å²) in [6.07, 6.45) is 1.58. The molecule has 0 amide bonds. The van der Waals surface area contributed by atoms with Gasteiger partial charge in [0, 0.05) is 12.1 Å². The molecule has 128 valence electrons. The second-order valence-electron chi connectivity index (χ2n) is 5.68. The van der Waals surface area contributed by atoms with E-state index in [1.165, 1.54) is 11.1 Å². The quantitative estimate of drug-likeness (QED) is 0.644. The fraction of sp³-hybridized carbons (Fsp3) is 0.136. The van der Waals surface area contributed by atoms with Gasteiger partial charge in [-0.1, -0.05) is 78.9 Å². The van der Waals surface area contributed by atoms with Crippen LogP contribution in [0.4, 0.5) is 5.69 Å². The predicted molar refractivity (Wildman–Crippen MR) is 103 cm³/mol. The summed E-state index contributed by atoms with van der Waals surface area (Å²) in [4.78, 5) is 10.2. The van der Waals surface area contributed by atoms with Gasteiger partial charge in [-0.25, -0.2) is 0 Å². The molecule has 0 aliphatic heterocycles. The third-order valence-corrected chi connectivity index (χ3v) is 3.77. The average molecular weight is 333 g/mol. The summed E-state index contributed by atoms with van der Waals surface area (Å²) >= 11 is 0. The number of para-hydroxylation sites is 1. The number of nitrogen functional groups attached to an aromatic ring is 1. The Morgan fingerprint density at radius 3 is 1.72 bits per heavy atom. The number of anilines is 1. The third kappa shape index (κ3) is 6.51. The molecule has 0 saturated carbocycles. The standard InChI is InChI=1S/C12H10.C10H13NO2/c1-3-7-11(8-4-1)12-9-5-2-6-10-12;11-9-6-2-1-4-8(9)5-3-7-10(12)13/h1-10H;1-2,4,6H,3,5,7,11H2,(H,12,13). The Hall–Kier alpha value is -3.07. The number of carbonyl (C=O) groups is 1. The van der Waals surface area contributed by atoms with E-state index < -0.39 is 5.97 Å². The van der Waals surface area contributed by atoms with Crippen LogP contribution in [0, 0.1) is 0 Å². The SMILES string of the molecule is Nc1ccccc1CCCC(=O)O.c1ccc(-c2ccccc2)cc1. The smallest absolute Gasteiger partial charge is 0.303 e. The van der Waals surface area contributed by atoms with E-state index in [0.717, 1.165) is 17.7 Å². The van der Waals surface area contributed by atoms with Crippen molar-refractivity contribution >= 4 is 11.7 Å². The molecule has 0 fully saturated rings. The highest BCUT2D eigenvalue weighted by Gasteiger charge is 2.00. The minimum Gasteiger partial charge on any atom is -0.481 e. The molecule has 0 spiro atoms. The molecule has 3 aromatic rings. The molecule has 0 aliphatic rings. The molecular weight excluding hydrogens is 310 g/mol. The first-order valence-corrected chi connectivity index (χ1v) is 8.32. The molecule has 0 heterocycles. The van der Waals surface area contributed by atoms with Crippen molar-refractivity contribution in [1.29, 1.82) is 0 Å². The van der Waals surface area contributed by atoms with Gasteiger partial charge in [-0.2, -0.15) is 0 Å². The maximum Gasteiger partial charge on any atom is 0.303 e. The molecule has 3 N–H and O–H groups in total. The summed E-state index contributed by atoms with van der Waals surface area (Å²) in [7, 11) is 0. The molecule has 25 heavy (non-hydrogen) atoms. The lowest BCUT2D eigenvalue weighted by molar-refractivity contribution is -0.137. The number of hydrogen-bond acceptors (Lipinski definition) is 2. The summed E-state index contributed by atoms with van der Waals surface area (Å²) in [6.45, 7) is 0. The van der Waals surface area contributed by atoms with Crippen LogP contribution in [0.25, 0.3) is 11.1 Å². The van der Waals surface area contributed by atoms with Crippen molar-refractivity contribution in [3.8, 4) is 11.1 Å². The molecule has 0 bridgehead atoms. The lowest BCUT2D eigenvalue weighted by Gasteiger charge is -2.02. The van der Waals surface area contributed by atoms with Gasteiger partial charge in [0.25, 0.3) is 0 Å². The van der Waals surface area contributed by atoms with E-state index in [4.69, 9.17) is 10.8 Å². The molecule has 0 aliphatic carbocycles. The van der Waals surface area contributed by atoms with E-state index in [0.29, 0.717) is 6.42 Å². The number of benzene rings is 3. The van der Waals surface area contributed by atoms with E-state index in [-0.39, 0.29) is 6.42 Å². The van der Waals surface area contributed by atoms with E-state index in [9.17, 15) is 4.79 Å². The lowest BCUT2D eigenvalue weighted by Crippen LogP contribution is -1.98. The lowest BCUT2D eigenvalue weighted by atomic mass is 10.1. The van der Waals surface area contributed by atoms with Crippen LogP contribution >= 0.6 is 0 Å². The van der Waals surface area contributed by atoms with Gasteiger partial charge in [0.05, 0.1) is 0 Å². The average Bonchev–Trinajstić information content (AvgIpc) is 2.65. The number of carboxylic acid groups (broad SMARTS) is 1. The van der Waals surface area contributed by atoms with Crippen LogP contribution in [0.15, 0.2) is 84.9 Å². The Bertz CT molecular complexity index is 733. The Morgan fingerprint density at radius 1 is 0.760 bits per heavy atom. The molecular formula is C22H23NO2. The van der Waals surface area contributed by atoms with Crippen molar-refractivity contribution in [2.45, 2.75) is 19.3 Å². The maximum absolute atomic E-state index is 10.2. The Balaban J connectivity index is 0.000000181. The normalized spacial score (nSPS) is 9.76. The van der Waals surface area contributed by atoms with Crippen LogP contribution in [-0.4, -0.2) is 11.1 Å². The van der Waals surface area contributed by atoms with Crippen molar-refractivity contribution in [3.05, 3.63) is 90.5 Å². The van der Waals surface area contributed by atoms with Gasteiger partial charge in [-0.05, 0) is 35.6 Å². The fourth-order valence-electron chi connectivity index (χ4n) is 2.45. The topological polar surface area (TPSA) is 63.3 Å². The highest BCUT2D eigenvalue weighted by Crippen LogP contribution is 2.17. The highest BCUT2D eigenvalue weighted by atomic mass is 16.4.